The van der Waals surface area contributed by atoms with Gasteiger partial charge in [-0.2, -0.15) is 0 Å². The van der Waals surface area contributed by atoms with Crippen molar-refractivity contribution in [1.82, 2.24) is 4.90 Å². The Morgan fingerprint density at radius 1 is 1.05 bits per heavy atom. The van der Waals surface area contributed by atoms with Gasteiger partial charge in [0.1, 0.15) is 5.75 Å². The molecular formula is C20H31NO. The highest BCUT2D eigenvalue weighted by Gasteiger charge is 2.32. The van der Waals surface area contributed by atoms with Crippen LogP contribution >= 0.6 is 0 Å². The molecule has 1 saturated carbocycles. The smallest absolute Gasteiger partial charge is 0.119 e. The predicted molar refractivity (Wildman–Crippen MR) is 92.2 cm³/mol. The Morgan fingerprint density at radius 3 is 2.64 bits per heavy atom. The van der Waals surface area contributed by atoms with Gasteiger partial charge in [-0.05, 0) is 62.3 Å². The van der Waals surface area contributed by atoms with E-state index in [0.29, 0.717) is 0 Å². The van der Waals surface area contributed by atoms with Crippen LogP contribution in [0.25, 0.3) is 0 Å². The lowest BCUT2D eigenvalue weighted by Gasteiger charge is -2.44. The molecule has 0 radical (unpaired) electrons. The van der Waals surface area contributed by atoms with Crippen LogP contribution < -0.4 is 4.74 Å². The maximum Gasteiger partial charge on any atom is 0.119 e. The van der Waals surface area contributed by atoms with Crippen LogP contribution in [-0.4, -0.2) is 24.1 Å². The first-order valence-corrected chi connectivity index (χ1v) is 9.32. The maximum atomic E-state index is 5.76. The quantitative estimate of drug-likeness (QED) is 0.684. The van der Waals surface area contributed by atoms with Crippen molar-refractivity contribution in [2.75, 3.05) is 13.2 Å². The molecule has 0 unspecified atom stereocenters. The van der Waals surface area contributed by atoms with Gasteiger partial charge in [-0.1, -0.05) is 38.3 Å². The summed E-state index contributed by atoms with van der Waals surface area (Å²) in [7, 11) is 0. The second kappa shape index (κ2) is 8.01. The van der Waals surface area contributed by atoms with E-state index in [4.69, 9.17) is 4.74 Å². The highest BCUT2D eigenvalue weighted by atomic mass is 16.5. The number of rotatable bonds is 6. The van der Waals surface area contributed by atoms with Crippen molar-refractivity contribution in [2.45, 2.75) is 70.9 Å². The summed E-state index contributed by atoms with van der Waals surface area (Å²) in [5, 5.41) is 0. The first-order valence-electron chi connectivity index (χ1n) is 9.32. The second-order valence-corrected chi connectivity index (χ2v) is 7.07. The van der Waals surface area contributed by atoms with E-state index in [1.165, 1.54) is 57.1 Å². The number of likely N-dealkylation sites (tertiary alicyclic amines) is 1. The number of unbranched alkanes of at least 4 members (excludes halogenated alkanes) is 1. The zero-order chi connectivity index (χ0) is 15.2. The summed E-state index contributed by atoms with van der Waals surface area (Å²) in [6.07, 6.45) is 11.0. The van der Waals surface area contributed by atoms with Gasteiger partial charge in [-0.15, -0.1) is 0 Å². The van der Waals surface area contributed by atoms with E-state index < -0.39 is 0 Å². The van der Waals surface area contributed by atoms with Gasteiger partial charge >= 0.3 is 0 Å². The molecule has 0 aromatic heterocycles. The fourth-order valence-electron chi connectivity index (χ4n) is 4.18. The Bertz CT molecular complexity index is 440. The monoisotopic (exact) mass is 301 g/mol. The van der Waals surface area contributed by atoms with Crippen molar-refractivity contribution in [1.29, 1.82) is 0 Å². The molecule has 1 aromatic rings. The van der Waals surface area contributed by atoms with E-state index in [1.54, 1.807) is 0 Å². The number of nitrogens with zero attached hydrogens (tertiary/aromatic N) is 1. The molecule has 0 amide bonds. The van der Waals surface area contributed by atoms with Crippen LogP contribution in [0.2, 0.25) is 0 Å². The highest BCUT2D eigenvalue weighted by Crippen LogP contribution is 2.36. The molecule has 2 aliphatic rings. The Kier molecular flexibility index (Phi) is 5.77. The molecule has 2 fully saturated rings. The fraction of sp³-hybridized carbons (Fsp3) is 0.700. The van der Waals surface area contributed by atoms with E-state index >= 15 is 0 Å². The Morgan fingerprint density at radius 2 is 1.82 bits per heavy atom. The molecule has 22 heavy (non-hydrogen) atoms. The molecule has 1 aliphatic carbocycles. The lowest BCUT2D eigenvalue weighted by atomic mass is 9.78. The van der Waals surface area contributed by atoms with E-state index in [-0.39, 0.29) is 0 Å². The van der Waals surface area contributed by atoms with Crippen molar-refractivity contribution >= 4 is 0 Å². The Labute approximate surface area is 135 Å². The molecule has 3 rings (SSSR count). The van der Waals surface area contributed by atoms with Crippen LogP contribution in [0.4, 0.5) is 0 Å². The molecule has 1 heterocycles. The first-order chi connectivity index (χ1) is 10.9. The SMILES string of the molecule is CCCCOc1ccc(CN2CCC[C@@H]3CCCC[C@@H]32)cc1. The number of hydrogen-bond donors (Lipinski definition) is 0. The minimum absolute atomic E-state index is 0.839. The number of ether oxygens (including phenoxy) is 1. The zero-order valence-corrected chi connectivity index (χ0v) is 14.1. The van der Waals surface area contributed by atoms with E-state index in [2.05, 4.69) is 36.1 Å². The summed E-state index contributed by atoms with van der Waals surface area (Å²) in [5.74, 6) is 1.99. The molecule has 2 nitrogen and oxygen atoms in total. The molecule has 122 valence electrons. The van der Waals surface area contributed by atoms with Crippen molar-refractivity contribution in [2.24, 2.45) is 5.92 Å². The lowest BCUT2D eigenvalue weighted by molar-refractivity contribution is 0.0547. The fourth-order valence-corrected chi connectivity index (χ4v) is 4.18. The van der Waals surface area contributed by atoms with Crippen molar-refractivity contribution in [3.05, 3.63) is 29.8 Å². The van der Waals surface area contributed by atoms with Crippen LogP contribution in [0.3, 0.4) is 0 Å². The van der Waals surface area contributed by atoms with Gasteiger partial charge < -0.3 is 4.74 Å². The number of benzene rings is 1. The van der Waals surface area contributed by atoms with Crippen molar-refractivity contribution in [3.8, 4) is 5.75 Å². The van der Waals surface area contributed by atoms with E-state index in [0.717, 1.165) is 37.3 Å². The van der Waals surface area contributed by atoms with Gasteiger partial charge in [-0.3, -0.25) is 4.90 Å². The van der Waals surface area contributed by atoms with Crippen LogP contribution in [-0.2, 0) is 6.54 Å². The third-order valence-corrected chi connectivity index (χ3v) is 5.43. The van der Waals surface area contributed by atoms with Crippen molar-refractivity contribution in [3.63, 3.8) is 0 Å². The Hall–Kier alpha value is -1.02. The zero-order valence-electron chi connectivity index (χ0n) is 14.1. The van der Waals surface area contributed by atoms with Crippen LogP contribution in [0.15, 0.2) is 24.3 Å². The van der Waals surface area contributed by atoms with Gasteiger partial charge in [0, 0.05) is 12.6 Å². The van der Waals surface area contributed by atoms with Crippen LogP contribution in [0.1, 0.15) is 63.9 Å². The summed E-state index contributed by atoms with van der Waals surface area (Å²) in [6.45, 7) is 5.45. The van der Waals surface area contributed by atoms with Gasteiger partial charge in [-0.25, -0.2) is 0 Å². The van der Waals surface area contributed by atoms with Gasteiger partial charge in [0.2, 0.25) is 0 Å². The topological polar surface area (TPSA) is 12.5 Å². The Balaban J connectivity index is 1.55. The molecule has 1 aliphatic heterocycles. The van der Waals surface area contributed by atoms with Gasteiger partial charge in [0.25, 0.3) is 0 Å². The first kappa shape index (κ1) is 15.9. The number of piperidine rings is 1. The van der Waals surface area contributed by atoms with Gasteiger partial charge in [0.15, 0.2) is 0 Å². The molecule has 1 aromatic carbocycles. The summed E-state index contributed by atoms with van der Waals surface area (Å²) in [5.41, 5.74) is 1.44. The second-order valence-electron chi connectivity index (χ2n) is 7.07. The predicted octanol–water partition coefficient (Wildman–Crippen LogP) is 5.02. The van der Waals surface area contributed by atoms with E-state index in [1.807, 2.05) is 0 Å². The summed E-state index contributed by atoms with van der Waals surface area (Å²) >= 11 is 0. The van der Waals surface area contributed by atoms with Gasteiger partial charge in [0.05, 0.1) is 6.61 Å². The lowest BCUT2D eigenvalue weighted by Crippen LogP contribution is -2.46. The number of hydrogen-bond acceptors (Lipinski definition) is 2. The largest absolute Gasteiger partial charge is 0.494 e. The third-order valence-electron chi connectivity index (χ3n) is 5.43. The number of fused-ring (bicyclic) bond motifs is 1. The molecule has 0 N–H and O–H groups in total. The summed E-state index contributed by atoms with van der Waals surface area (Å²) < 4.78 is 5.76. The average Bonchev–Trinajstić information content (AvgIpc) is 2.57. The molecule has 1 saturated heterocycles. The average molecular weight is 301 g/mol. The summed E-state index contributed by atoms with van der Waals surface area (Å²) in [6, 6.07) is 9.66. The standard InChI is InChI=1S/C20H31NO/c1-2-3-15-22-19-12-10-17(11-13-19)16-21-14-6-8-18-7-4-5-9-20(18)21/h10-13,18,20H,2-9,14-16H2,1H3/t18-,20-/m0/s1. The van der Waals surface area contributed by atoms with Crippen LogP contribution in [0.5, 0.6) is 5.75 Å². The molecular weight excluding hydrogens is 270 g/mol. The molecule has 2 atom stereocenters. The normalized spacial score (nSPS) is 25.7. The maximum absolute atomic E-state index is 5.76. The van der Waals surface area contributed by atoms with Crippen LogP contribution in [0, 0.1) is 5.92 Å². The van der Waals surface area contributed by atoms with E-state index in [9.17, 15) is 0 Å². The summed E-state index contributed by atoms with van der Waals surface area (Å²) in [4.78, 5) is 2.75. The van der Waals surface area contributed by atoms with Crippen molar-refractivity contribution < 1.29 is 4.74 Å². The minimum Gasteiger partial charge on any atom is -0.494 e. The molecule has 2 heteroatoms. The minimum atomic E-state index is 0.839. The molecule has 0 spiro atoms. The highest BCUT2D eigenvalue weighted by molar-refractivity contribution is 5.27. The molecule has 0 bridgehead atoms. The third kappa shape index (κ3) is 4.04.